The summed E-state index contributed by atoms with van der Waals surface area (Å²) in [6.07, 6.45) is 0.379. The molecule has 2 aliphatic rings. The number of likely N-dealkylation sites (tertiary alicyclic amines) is 1. The second-order valence-electron chi connectivity index (χ2n) is 6.14. The molecule has 0 aliphatic carbocycles. The van der Waals surface area contributed by atoms with E-state index in [4.69, 9.17) is 4.74 Å². The van der Waals surface area contributed by atoms with Gasteiger partial charge in [0.05, 0.1) is 30.5 Å². The largest absolute Gasteiger partial charge is 0.469 e. The van der Waals surface area contributed by atoms with Crippen molar-refractivity contribution in [1.29, 1.82) is 0 Å². The Morgan fingerprint density at radius 1 is 1.35 bits per heavy atom. The van der Waals surface area contributed by atoms with Crippen molar-refractivity contribution in [1.82, 2.24) is 4.90 Å². The van der Waals surface area contributed by atoms with Crippen LogP contribution in [0.15, 0.2) is 16.8 Å². The normalized spacial score (nSPS) is 29.6. The zero-order chi connectivity index (χ0) is 16.6. The fourth-order valence-corrected chi connectivity index (χ4v) is 5.90. The van der Waals surface area contributed by atoms with E-state index in [1.54, 1.807) is 16.2 Å². The summed E-state index contributed by atoms with van der Waals surface area (Å²) in [7, 11) is -1.75. The van der Waals surface area contributed by atoms with Crippen LogP contribution in [0.1, 0.15) is 17.9 Å². The number of sulfone groups is 1. The highest BCUT2D eigenvalue weighted by molar-refractivity contribution is 7.91. The molecular formula is C15H19NO5S2. The van der Waals surface area contributed by atoms with Gasteiger partial charge in [0.15, 0.2) is 9.84 Å². The summed E-state index contributed by atoms with van der Waals surface area (Å²) in [6, 6.07) is 1.96. The molecule has 3 atom stereocenters. The molecule has 23 heavy (non-hydrogen) atoms. The summed E-state index contributed by atoms with van der Waals surface area (Å²) in [6.45, 7) is 0.731. The molecule has 2 aliphatic heterocycles. The molecule has 6 nitrogen and oxygen atoms in total. The van der Waals surface area contributed by atoms with E-state index in [2.05, 4.69) is 0 Å². The molecule has 0 radical (unpaired) electrons. The van der Waals surface area contributed by atoms with Crippen molar-refractivity contribution in [2.45, 2.75) is 12.3 Å². The lowest BCUT2D eigenvalue weighted by Gasteiger charge is -2.19. The molecule has 2 fully saturated rings. The van der Waals surface area contributed by atoms with Gasteiger partial charge in [-0.1, -0.05) is 0 Å². The van der Waals surface area contributed by atoms with E-state index >= 15 is 0 Å². The van der Waals surface area contributed by atoms with Gasteiger partial charge in [-0.15, -0.1) is 0 Å². The summed E-state index contributed by atoms with van der Waals surface area (Å²) in [4.78, 5) is 26.3. The maximum Gasteiger partial charge on any atom is 0.311 e. The average molecular weight is 357 g/mol. The third kappa shape index (κ3) is 3.28. The van der Waals surface area contributed by atoms with Gasteiger partial charge < -0.3 is 9.64 Å². The maximum absolute atomic E-state index is 12.6. The number of hydrogen-bond acceptors (Lipinski definition) is 6. The lowest BCUT2D eigenvalue weighted by atomic mass is 9.91. The predicted octanol–water partition coefficient (Wildman–Crippen LogP) is 0.898. The maximum atomic E-state index is 12.6. The third-order valence-electron chi connectivity index (χ3n) is 4.69. The summed E-state index contributed by atoms with van der Waals surface area (Å²) in [5.74, 6) is -1.43. The number of esters is 1. The van der Waals surface area contributed by atoms with Crippen LogP contribution in [-0.4, -0.2) is 56.9 Å². The molecule has 0 bridgehead atoms. The van der Waals surface area contributed by atoms with Crippen molar-refractivity contribution in [3.05, 3.63) is 22.4 Å². The molecule has 1 aromatic heterocycles. The zero-order valence-electron chi connectivity index (χ0n) is 12.8. The number of carbonyl (C=O) groups is 2. The molecule has 126 valence electrons. The molecule has 8 heteroatoms. The number of rotatable bonds is 3. The highest BCUT2D eigenvalue weighted by atomic mass is 32.2. The van der Waals surface area contributed by atoms with Crippen molar-refractivity contribution in [3.8, 4) is 0 Å². The van der Waals surface area contributed by atoms with Gasteiger partial charge in [-0.2, -0.15) is 11.3 Å². The van der Waals surface area contributed by atoms with Gasteiger partial charge in [0.25, 0.3) is 0 Å². The second kappa shape index (κ2) is 6.24. The number of methoxy groups -OCH3 is 1. The lowest BCUT2D eigenvalue weighted by Crippen LogP contribution is -2.35. The number of thiophene rings is 1. The van der Waals surface area contributed by atoms with Crippen molar-refractivity contribution in [2.75, 3.05) is 31.7 Å². The standard InChI is InChI=1S/C15H19NO5S2/c1-21-15(18)13-7-16(6-12(13)10-2-4-22-8-10)14(17)11-3-5-23(19,20)9-11/h2,4,8,11-13H,3,5-7,9H2,1H3/t11-,12+,13+/m0/s1. The average Bonchev–Trinajstić information content (AvgIpc) is 3.23. The van der Waals surface area contributed by atoms with E-state index < -0.39 is 21.7 Å². The number of amides is 1. The Kier molecular flexibility index (Phi) is 4.46. The van der Waals surface area contributed by atoms with Crippen LogP contribution in [0.5, 0.6) is 0 Å². The Bertz CT molecular complexity index is 697. The number of carbonyl (C=O) groups excluding carboxylic acids is 2. The van der Waals surface area contributed by atoms with Crippen molar-refractivity contribution in [2.24, 2.45) is 11.8 Å². The highest BCUT2D eigenvalue weighted by Gasteiger charge is 2.44. The van der Waals surface area contributed by atoms with Gasteiger partial charge in [0, 0.05) is 19.0 Å². The molecule has 3 rings (SSSR count). The Morgan fingerprint density at radius 3 is 2.70 bits per heavy atom. The number of ether oxygens (including phenoxy) is 1. The third-order valence-corrected chi connectivity index (χ3v) is 7.16. The van der Waals surface area contributed by atoms with Gasteiger partial charge in [0.1, 0.15) is 0 Å². The Morgan fingerprint density at radius 2 is 2.13 bits per heavy atom. The summed E-state index contributed by atoms with van der Waals surface area (Å²) in [5.41, 5.74) is 1.03. The van der Waals surface area contributed by atoms with Crippen LogP contribution < -0.4 is 0 Å². The van der Waals surface area contributed by atoms with Crippen LogP contribution in [0.2, 0.25) is 0 Å². The monoisotopic (exact) mass is 357 g/mol. The predicted molar refractivity (Wildman–Crippen MR) is 85.9 cm³/mol. The Hall–Kier alpha value is -1.41. The van der Waals surface area contributed by atoms with E-state index in [1.165, 1.54) is 7.11 Å². The Balaban J connectivity index is 1.77. The van der Waals surface area contributed by atoms with E-state index in [1.807, 2.05) is 16.8 Å². The van der Waals surface area contributed by atoms with Crippen LogP contribution in [0.4, 0.5) is 0 Å². The van der Waals surface area contributed by atoms with Crippen LogP contribution in [0.25, 0.3) is 0 Å². The molecule has 0 saturated carbocycles. The molecule has 0 spiro atoms. The molecule has 0 aromatic carbocycles. The van der Waals surface area contributed by atoms with E-state index in [0.29, 0.717) is 19.5 Å². The minimum absolute atomic E-state index is 0.0750. The first-order chi connectivity index (χ1) is 10.9. The lowest BCUT2D eigenvalue weighted by molar-refractivity contribution is -0.145. The van der Waals surface area contributed by atoms with E-state index in [-0.39, 0.29) is 29.3 Å². The first-order valence-electron chi connectivity index (χ1n) is 7.50. The van der Waals surface area contributed by atoms with Crippen LogP contribution in [0.3, 0.4) is 0 Å². The summed E-state index contributed by atoms with van der Waals surface area (Å²) in [5, 5.41) is 3.92. The van der Waals surface area contributed by atoms with Crippen molar-refractivity contribution < 1.29 is 22.7 Å². The van der Waals surface area contributed by atoms with Crippen LogP contribution in [0, 0.1) is 11.8 Å². The fourth-order valence-electron chi connectivity index (χ4n) is 3.45. The fraction of sp³-hybridized carbons (Fsp3) is 0.600. The first-order valence-corrected chi connectivity index (χ1v) is 10.3. The van der Waals surface area contributed by atoms with Crippen molar-refractivity contribution in [3.63, 3.8) is 0 Å². The van der Waals surface area contributed by atoms with Gasteiger partial charge in [-0.05, 0) is 28.8 Å². The number of hydrogen-bond donors (Lipinski definition) is 0. The second-order valence-corrected chi connectivity index (χ2v) is 9.14. The summed E-state index contributed by atoms with van der Waals surface area (Å²) >= 11 is 1.55. The number of nitrogens with zero attached hydrogens (tertiary/aromatic N) is 1. The molecule has 1 amide bonds. The highest BCUT2D eigenvalue weighted by Crippen LogP contribution is 2.36. The minimum atomic E-state index is -3.10. The van der Waals surface area contributed by atoms with Crippen molar-refractivity contribution >= 4 is 33.1 Å². The molecule has 3 heterocycles. The van der Waals surface area contributed by atoms with Gasteiger partial charge in [-0.3, -0.25) is 9.59 Å². The minimum Gasteiger partial charge on any atom is -0.469 e. The zero-order valence-corrected chi connectivity index (χ0v) is 14.4. The van der Waals surface area contributed by atoms with Gasteiger partial charge in [-0.25, -0.2) is 8.42 Å². The van der Waals surface area contributed by atoms with E-state index in [0.717, 1.165) is 5.56 Å². The molecule has 0 N–H and O–H groups in total. The smallest absolute Gasteiger partial charge is 0.311 e. The van der Waals surface area contributed by atoms with Crippen LogP contribution >= 0.6 is 11.3 Å². The molecule has 1 aromatic rings. The van der Waals surface area contributed by atoms with E-state index in [9.17, 15) is 18.0 Å². The molecular weight excluding hydrogens is 338 g/mol. The SMILES string of the molecule is COC(=O)[C@@H]1CN(C(=O)[C@H]2CCS(=O)(=O)C2)C[C@@H]1c1ccsc1. The molecule has 2 saturated heterocycles. The topological polar surface area (TPSA) is 80.8 Å². The quantitative estimate of drug-likeness (QED) is 0.751. The van der Waals surface area contributed by atoms with Gasteiger partial charge in [0.2, 0.25) is 5.91 Å². The summed E-state index contributed by atoms with van der Waals surface area (Å²) < 4.78 is 28.1. The molecule has 0 unspecified atom stereocenters. The Labute approximate surface area is 139 Å². The first kappa shape index (κ1) is 16.4. The van der Waals surface area contributed by atoms with Gasteiger partial charge >= 0.3 is 5.97 Å². The van der Waals surface area contributed by atoms with Crippen LogP contribution in [-0.2, 0) is 24.2 Å².